The van der Waals surface area contributed by atoms with Gasteiger partial charge in [0, 0.05) is 18.3 Å². The van der Waals surface area contributed by atoms with E-state index in [1.54, 1.807) is 42.8 Å². The van der Waals surface area contributed by atoms with Crippen LogP contribution in [0.4, 0.5) is 0 Å². The molecule has 2 aromatic rings. The van der Waals surface area contributed by atoms with Gasteiger partial charge in [-0.15, -0.1) is 0 Å². The lowest BCUT2D eigenvalue weighted by atomic mass is 10.1. The van der Waals surface area contributed by atoms with Crippen molar-refractivity contribution < 1.29 is 19.1 Å². The van der Waals surface area contributed by atoms with Gasteiger partial charge in [0.2, 0.25) is 11.7 Å². The fraction of sp³-hybridized carbons (Fsp3) is 0.316. The number of nitrogens with zero attached hydrogens (tertiary/aromatic N) is 1. The van der Waals surface area contributed by atoms with E-state index in [9.17, 15) is 14.4 Å². The quantitative estimate of drug-likeness (QED) is 0.615. The SMILES string of the molecule is CCOC(=O)CNC(=O)Cc1ccc(C(=O)c2ccc(C)cc2)n1C. The van der Waals surface area contributed by atoms with Crippen molar-refractivity contribution in [3.05, 3.63) is 58.9 Å². The summed E-state index contributed by atoms with van der Waals surface area (Å²) in [6.07, 6.45) is 0.0804. The summed E-state index contributed by atoms with van der Waals surface area (Å²) in [5, 5.41) is 2.51. The van der Waals surface area contributed by atoms with Crippen LogP contribution in [0.5, 0.6) is 0 Å². The van der Waals surface area contributed by atoms with Crippen LogP contribution in [0.3, 0.4) is 0 Å². The molecular weight excluding hydrogens is 320 g/mol. The first-order valence-corrected chi connectivity index (χ1v) is 8.10. The summed E-state index contributed by atoms with van der Waals surface area (Å²) in [4.78, 5) is 35.8. The molecule has 0 saturated carbocycles. The molecule has 0 fully saturated rings. The number of aryl methyl sites for hydroxylation is 1. The van der Waals surface area contributed by atoms with Gasteiger partial charge in [0.25, 0.3) is 0 Å². The number of aromatic nitrogens is 1. The number of hydrogen-bond acceptors (Lipinski definition) is 4. The third kappa shape index (κ3) is 4.79. The maximum absolute atomic E-state index is 12.6. The topological polar surface area (TPSA) is 77.4 Å². The van der Waals surface area contributed by atoms with Crippen molar-refractivity contribution in [1.29, 1.82) is 0 Å². The summed E-state index contributed by atoms with van der Waals surface area (Å²) >= 11 is 0. The van der Waals surface area contributed by atoms with Crippen LogP contribution >= 0.6 is 0 Å². The van der Waals surface area contributed by atoms with Gasteiger partial charge in [-0.2, -0.15) is 0 Å². The minimum Gasteiger partial charge on any atom is -0.465 e. The Morgan fingerprint density at radius 1 is 1.08 bits per heavy atom. The molecule has 0 unspecified atom stereocenters. The summed E-state index contributed by atoms with van der Waals surface area (Å²) in [5.74, 6) is -0.873. The van der Waals surface area contributed by atoms with Crippen LogP contribution in [0.2, 0.25) is 0 Å². The summed E-state index contributed by atoms with van der Waals surface area (Å²) < 4.78 is 6.46. The van der Waals surface area contributed by atoms with Crippen LogP contribution < -0.4 is 5.32 Å². The van der Waals surface area contributed by atoms with E-state index in [0.717, 1.165) is 5.56 Å². The molecule has 1 N–H and O–H groups in total. The molecule has 0 bridgehead atoms. The Morgan fingerprint density at radius 3 is 2.40 bits per heavy atom. The van der Waals surface area contributed by atoms with Crippen LogP contribution in [0, 0.1) is 6.92 Å². The molecule has 0 saturated heterocycles. The number of nitrogens with one attached hydrogen (secondary N) is 1. The largest absolute Gasteiger partial charge is 0.465 e. The second kappa shape index (κ2) is 8.28. The average molecular weight is 342 g/mol. The Morgan fingerprint density at radius 2 is 1.76 bits per heavy atom. The minimum absolute atomic E-state index is 0.0804. The van der Waals surface area contributed by atoms with Crippen molar-refractivity contribution in [2.75, 3.05) is 13.2 Å². The van der Waals surface area contributed by atoms with Crippen LogP contribution in [-0.4, -0.2) is 35.4 Å². The number of carbonyl (C=O) groups is 3. The molecule has 1 aromatic carbocycles. The first kappa shape index (κ1) is 18.4. The van der Waals surface area contributed by atoms with E-state index in [1.807, 2.05) is 19.1 Å². The molecule has 2 rings (SSSR count). The smallest absolute Gasteiger partial charge is 0.325 e. The minimum atomic E-state index is -0.474. The van der Waals surface area contributed by atoms with E-state index in [1.165, 1.54) is 0 Å². The van der Waals surface area contributed by atoms with E-state index < -0.39 is 5.97 Å². The summed E-state index contributed by atoms with van der Waals surface area (Å²) in [6, 6.07) is 10.8. The van der Waals surface area contributed by atoms with Crippen LogP contribution in [0.25, 0.3) is 0 Å². The van der Waals surface area contributed by atoms with Crippen molar-refractivity contribution in [3.63, 3.8) is 0 Å². The number of esters is 1. The number of carbonyl (C=O) groups excluding carboxylic acids is 3. The average Bonchev–Trinajstić information content (AvgIpc) is 2.94. The van der Waals surface area contributed by atoms with Gasteiger partial charge in [-0.25, -0.2) is 0 Å². The Kier molecular flexibility index (Phi) is 6.11. The molecule has 6 heteroatoms. The van der Waals surface area contributed by atoms with Gasteiger partial charge in [-0.3, -0.25) is 14.4 Å². The highest BCUT2D eigenvalue weighted by molar-refractivity contribution is 6.08. The van der Waals surface area contributed by atoms with Crippen LogP contribution in [0.15, 0.2) is 36.4 Å². The van der Waals surface area contributed by atoms with Crippen molar-refractivity contribution in [3.8, 4) is 0 Å². The van der Waals surface area contributed by atoms with Crippen molar-refractivity contribution in [1.82, 2.24) is 9.88 Å². The lowest BCUT2D eigenvalue weighted by Crippen LogP contribution is -2.32. The standard InChI is InChI=1S/C19H22N2O4/c1-4-25-18(23)12-20-17(22)11-15-9-10-16(21(15)3)19(24)14-7-5-13(2)6-8-14/h5-10H,4,11-12H2,1-3H3,(H,20,22). The normalized spacial score (nSPS) is 10.4. The lowest BCUT2D eigenvalue weighted by molar-refractivity contribution is -0.143. The van der Waals surface area contributed by atoms with E-state index in [2.05, 4.69) is 5.32 Å². The molecule has 0 radical (unpaired) electrons. The first-order chi connectivity index (χ1) is 11.9. The van der Waals surface area contributed by atoms with E-state index in [0.29, 0.717) is 17.0 Å². The number of ether oxygens (including phenoxy) is 1. The van der Waals surface area contributed by atoms with Crippen molar-refractivity contribution in [2.24, 2.45) is 7.05 Å². The number of benzene rings is 1. The van der Waals surface area contributed by atoms with E-state index in [-0.39, 0.29) is 31.3 Å². The molecule has 1 aromatic heterocycles. The highest BCUT2D eigenvalue weighted by Gasteiger charge is 2.16. The molecule has 0 aliphatic carbocycles. The molecule has 0 aliphatic rings. The highest BCUT2D eigenvalue weighted by Crippen LogP contribution is 2.14. The van der Waals surface area contributed by atoms with Gasteiger partial charge < -0.3 is 14.6 Å². The molecule has 6 nitrogen and oxygen atoms in total. The Balaban J connectivity index is 2.03. The van der Waals surface area contributed by atoms with E-state index in [4.69, 9.17) is 4.74 Å². The monoisotopic (exact) mass is 342 g/mol. The Bertz CT molecular complexity index is 775. The van der Waals surface area contributed by atoms with Gasteiger partial charge in [0.15, 0.2) is 0 Å². The van der Waals surface area contributed by atoms with Crippen molar-refractivity contribution in [2.45, 2.75) is 20.3 Å². The number of rotatable bonds is 7. The fourth-order valence-corrected chi connectivity index (χ4v) is 2.42. The summed E-state index contributed by atoms with van der Waals surface area (Å²) in [7, 11) is 1.75. The third-order valence-electron chi connectivity index (χ3n) is 3.85. The predicted molar refractivity (Wildman–Crippen MR) is 93.4 cm³/mol. The zero-order valence-electron chi connectivity index (χ0n) is 14.7. The second-order valence-corrected chi connectivity index (χ2v) is 5.72. The molecule has 1 heterocycles. The summed E-state index contributed by atoms with van der Waals surface area (Å²) in [6.45, 7) is 3.78. The molecular formula is C19H22N2O4. The Hall–Kier alpha value is -2.89. The second-order valence-electron chi connectivity index (χ2n) is 5.72. The maximum atomic E-state index is 12.6. The molecule has 0 spiro atoms. The predicted octanol–water partition coefficient (Wildman–Crippen LogP) is 1.79. The lowest BCUT2D eigenvalue weighted by Gasteiger charge is -2.08. The van der Waals surface area contributed by atoms with Gasteiger partial charge in [0.1, 0.15) is 6.54 Å². The molecule has 132 valence electrons. The molecule has 1 amide bonds. The first-order valence-electron chi connectivity index (χ1n) is 8.10. The highest BCUT2D eigenvalue weighted by atomic mass is 16.5. The third-order valence-corrected chi connectivity index (χ3v) is 3.85. The zero-order valence-corrected chi connectivity index (χ0v) is 14.7. The Labute approximate surface area is 146 Å². The van der Waals surface area contributed by atoms with Gasteiger partial charge >= 0.3 is 5.97 Å². The zero-order chi connectivity index (χ0) is 18.4. The molecule has 0 aliphatic heterocycles. The number of amides is 1. The van der Waals surface area contributed by atoms with Crippen molar-refractivity contribution >= 4 is 17.7 Å². The van der Waals surface area contributed by atoms with Gasteiger partial charge in [0.05, 0.1) is 18.7 Å². The van der Waals surface area contributed by atoms with Gasteiger partial charge in [-0.05, 0) is 26.0 Å². The molecule has 25 heavy (non-hydrogen) atoms. The number of ketones is 1. The fourth-order valence-electron chi connectivity index (χ4n) is 2.42. The van der Waals surface area contributed by atoms with Gasteiger partial charge in [-0.1, -0.05) is 29.8 Å². The van der Waals surface area contributed by atoms with Crippen LogP contribution in [0.1, 0.15) is 34.2 Å². The maximum Gasteiger partial charge on any atom is 0.325 e. The number of hydrogen-bond donors (Lipinski definition) is 1. The van der Waals surface area contributed by atoms with E-state index >= 15 is 0 Å². The summed E-state index contributed by atoms with van der Waals surface area (Å²) in [5.41, 5.74) is 2.89. The van der Waals surface area contributed by atoms with Crippen LogP contribution in [-0.2, 0) is 27.8 Å². The molecule has 0 atom stereocenters.